The van der Waals surface area contributed by atoms with Crippen LogP contribution in [0, 0.1) is 0 Å². The van der Waals surface area contributed by atoms with Gasteiger partial charge in [-0.1, -0.05) is 24.3 Å². The molecule has 2 atom stereocenters. The Hall–Kier alpha value is -3.23. The average molecular weight is 490 g/mol. The molecule has 3 heterocycles. The zero-order valence-corrected chi connectivity index (χ0v) is 21.3. The van der Waals surface area contributed by atoms with E-state index in [1.165, 1.54) is 5.69 Å². The predicted octanol–water partition coefficient (Wildman–Crippen LogP) is 4.43. The minimum atomic E-state index is -3.36. The van der Waals surface area contributed by atoms with Crippen molar-refractivity contribution in [1.29, 1.82) is 0 Å². The van der Waals surface area contributed by atoms with Crippen LogP contribution in [0.2, 0.25) is 0 Å². The summed E-state index contributed by atoms with van der Waals surface area (Å²) in [7, 11) is -3.36. The highest BCUT2D eigenvalue weighted by molar-refractivity contribution is 7.92. The van der Waals surface area contributed by atoms with Crippen molar-refractivity contribution in [2.75, 3.05) is 18.0 Å². The van der Waals surface area contributed by atoms with Crippen molar-refractivity contribution in [3.05, 3.63) is 67.1 Å². The third kappa shape index (κ3) is 4.32. The fraction of sp³-hybridized carbons (Fsp3) is 0.333. The molecule has 0 unspecified atom stereocenters. The van der Waals surface area contributed by atoms with Gasteiger partial charge in [0.1, 0.15) is 0 Å². The lowest BCUT2D eigenvalue weighted by Crippen LogP contribution is -2.55. The van der Waals surface area contributed by atoms with Gasteiger partial charge in [0.25, 0.3) is 0 Å². The molecule has 35 heavy (non-hydrogen) atoms. The maximum absolute atomic E-state index is 12.6. The Morgan fingerprint density at radius 1 is 0.943 bits per heavy atom. The molecule has 0 bridgehead atoms. The number of anilines is 1. The first-order valence-corrected chi connectivity index (χ1v) is 13.6. The lowest BCUT2D eigenvalue weighted by Gasteiger charge is -2.41. The summed E-state index contributed by atoms with van der Waals surface area (Å²) in [6.07, 6.45) is 5.55. The second kappa shape index (κ2) is 9.09. The number of hydrogen-bond donors (Lipinski definition) is 1. The maximum atomic E-state index is 12.6. The summed E-state index contributed by atoms with van der Waals surface area (Å²) in [5, 5.41) is 7.51. The van der Waals surface area contributed by atoms with Crippen LogP contribution in [0.15, 0.2) is 72.0 Å². The van der Waals surface area contributed by atoms with Gasteiger partial charge in [0, 0.05) is 54.4 Å². The number of hydrogen-bond acceptors (Lipinski definition) is 6. The number of nitrogens with one attached hydrogen (secondary N) is 1. The molecule has 2 aromatic heterocycles. The zero-order valence-electron chi connectivity index (χ0n) is 20.5. The SMILES string of the molecule is CC(C)S(=O)(=O)c1cccc(-c2cnn3cc(-c4ccc(N5[C@H](C)CNC[C@@H]5C)cc4)cnc23)c1. The van der Waals surface area contributed by atoms with E-state index in [0.717, 1.165) is 35.3 Å². The molecule has 0 amide bonds. The van der Waals surface area contributed by atoms with E-state index in [-0.39, 0.29) is 0 Å². The van der Waals surface area contributed by atoms with Crippen LogP contribution in [0.1, 0.15) is 27.7 Å². The van der Waals surface area contributed by atoms with Crippen LogP contribution < -0.4 is 10.2 Å². The molecule has 1 N–H and O–H groups in total. The molecule has 0 spiro atoms. The summed E-state index contributed by atoms with van der Waals surface area (Å²) < 4.78 is 27.0. The van der Waals surface area contributed by atoms with Gasteiger partial charge < -0.3 is 10.2 Å². The molecule has 2 aromatic carbocycles. The first-order valence-electron chi connectivity index (χ1n) is 12.0. The first kappa shape index (κ1) is 23.5. The van der Waals surface area contributed by atoms with Crippen LogP contribution in [0.5, 0.6) is 0 Å². The van der Waals surface area contributed by atoms with Gasteiger partial charge in [-0.2, -0.15) is 5.10 Å². The number of fused-ring (bicyclic) bond motifs is 1. The molecule has 1 aliphatic heterocycles. The number of aromatic nitrogens is 3. The minimum absolute atomic E-state index is 0.314. The summed E-state index contributed by atoms with van der Waals surface area (Å²) >= 11 is 0. The maximum Gasteiger partial charge on any atom is 0.180 e. The molecule has 8 heteroatoms. The predicted molar refractivity (Wildman–Crippen MR) is 140 cm³/mol. The van der Waals surface area contributed by atoms with E-state index in [2.05, 4.69) is 58.4 Å². The first-order chi connectivity index (χ1) is 16.8. The zero-order chi connectivity index (χ0) is 24.7. The molecular weight excluding hydrogens is 458 g/mol. The molecule has 5 rings (SSSR count). The largest absolute Gasteiger partial charge is 0.364 e. The van der Waals surface area contributed by atoms with E-state index >= 15 is 0 Å². The number of sulfone groups is 1. The highest BCUT2D eigenvalue weighted by Crippen LogP contribution is 2.30. The Morgan fingerprint density at radius 3 is 2.34 bits per heavy atom. The van der Waals surface area contributed by atoms with Crippen LogP contribution in [0.25, 0.3) is 27.9 Å². The number of rotatable bonds is 5. The van der Waals surface area contributed by atoms with Gasteiger partial charge >= 0.3 is 0 Å². The van der Waals surface area contributed by atoms with Crippen LogP contribution >= 0.6 is 0 Å². The summed E-state index contributed by atoms with van der Waals surface area (Å²) in [6, 6.07) is 16.5. The average Bonchev–Trinajstić information content (AvgIpc) is 3.28. The highest BCUT2D eigenvalue weighted by atomic mass is 32.2. The molecular formula is C27H31N5O2S. The van der Waals surface area contributed by atoms with Gasteiger partial charge in [-0.05, 0) is 63.1 Å². The second-order valence-corrected chi connectivity index (χ2v) is 12.1. The van der Waals surface area contributed by atoms with E-state index in [1.54, 1.807) is 42.8 Å². The van der Waals surface area contributed by atoms with E-state index in [0.29, 0.717) is 22.6 Å². The summed E-state index contributed by atoms with van der Waals surface area (Å²) in [6.45, 7) is 9.85. The Balaban J connectivity index is 1.45. The molecule has 0 aliphatic carbocycles. The van der Waals surface area contributed by atoms with Gasteiger partial charge in [-0.15, -0.1) is 0 Å². The second-order valence-electron chi connectivity index (χ2n) is 9.60. The topological polar surface area (TPSA) is 79.6 Å². The lowest BCUT2D eigenvalue weighted by atomic mass is 10.0. The van der Waals surface area contributed by atoms with Crippen molar-refractivity contribution < 1.29 is 8.42 Å². The van der Waals surface area contributed by atoms with Crippen molar-refractivity contribution in [2.45, 2.75) is 49.9 Å². The fourth-order valence-electron chi connectivity index (χ4n) is 4.81. The molecule has 4 aromatic rings. The summed E-state index contributed by atoms with van der Waals surface area (Å²) in [5.41, 5.74) is 5.53. The summed E-state index contributed by atoms with van der Waals surface area (Å²) in [5.74, 6) is 0. The van der Waals surface area contributed by atoms with Crippen LogP contribution in [0.4, 0.5) is 5.69 Å². The van der Waals surface area contributed by atoms with Crippen molar-refractivity contribution in [2.24, 2.45) is 0 Å². The van der Waals surface area contributed by atoms with Gasteiger partial charge in [-0.3, -0.25) is 0 Å². The van der Waals surface area contributed by atoms with Gasteiger partial charge in [-0.25, -0.2) is 17.9 Å². The van der Waals surface area contributed by atoms with Crippen LogP contribution in [0.3, 0.4) is 0 Å². The third-order valence-corrected chi connectivity index (χ3v) is 8.93. The van der Waals surface area contributed by atoms with Crippen LogP contribution in [-0.2, 0) is 9.84 Å². The van der Waals surface area contributed by atoms with Crippen molar-refractivity contribution in [3.8, 4) is 22.3 Å². The quantitative estimate of drug-likeness (QED) is 0.447. The number of piperazine rings is 1. The van der Waals surface area contributed by atoms with Gasteiger partial charge in [0.15, 0.2) is 15.5 Å². The molecule has 182 valence electrons. The number of benzene rings is 2. The molecule has 1 saturated heterocycles. The monoisotopic (exact) mass is 489 g/mol. The van der Waals surface area contributed by atoms with E-state index in [9.17, 15) is 8.42 Å². The normalized spacial score (nSPS) is 18.9. The van der Waals surface area contributed by atoms with Gasteiger partial charge in [0.2, 0.25) is 0 Å². The lowest BCUT2D eigenvalue weighted by molar-refractivity contribution is 0.432. The molecule has 0 saturated carbocycles. The Kier molecular flexibility index (Phi) is 6.11. The molecule has 7 nitrogen and oxygen atoms in total. The minimum Gasteiger partial charge on any atom is -0.364 e. The van der Waals surface area contributed by atoms with Crippen molar-refractivity contribution in [1.82, 2.24) is 19.9 Å². The Bertz CT molecular complexity index is 1450. The van der Waals surface area contributed by atoms with Crippen molar-refractivity contribution >= 4 is 21.2 Å². The van der Waals surface area contributed by atoms with E-state index < -0.39 is 15.1 Å². The fourth-order valence-corrected chi connectivity index (χ4v) is 5.91. The third-order valence-electron chi connectivity index (χ3n) is 6.78. The molecule has 1 aliphatic rings. The van der Waals surface area contributed by atoms with E-state index in [1.807, 2.05) is 18.5 Å². The Labute approximate surface area is 206 Å². The Morgan fingerprint density at radius 2 is 1.66 bits per heavy atom. The van der Waals surface area contributed by atoms with Gasteiger partial charge in [0.05, 0.1) is 16.3 Å². The van der Waals surface area contributed by atoms with E-state index in [4.69, 9.17) is 0 Å². The van der Waals surface area contributed by atoms with Crippen LogP contribution in [-0.4, -0.2) is 53.4 Å². The smallest absolute Gasteiger partial charge is 0.180 e. The summed E-state index contributed by atoms with van der Waals surface area (Å²) in [4.78, 5) is 7.47. The number of nitrogens with zero attached hydrogens (tertiary/aromatic N) is 4. The molecule has 0 radical (unpaired) electrons. The molecule has 1 fully saturated rings. The highest BCUT2D eigenvalue weighted by Gasteiger charge is 2.24. The van der Waals surface area contributed by atoms with Crippen molar-refractivity contribution in [3.63, 3.8) is 0 Å². The standard InChI is InChI=1S/C27H31N5O2S/c1-18(2)35(33,34)25-7-5-6-22(12-25)26-16-30-31-17-23(15-29-27(26)31)21-8-10-24(11-9-21)32-19(3)13-28-14-20(32)4/h5-12,15-20,28H,13-14H2,1-4H3/t19-,20+.